The van der Waals surface area contributed by atoms with Crippen molar-refractivity contribution in [3.8, 4) is 17.1 Å². The highest BCUT2D eigenvalue weighted by Gasteiger charge is 2.06. The number of ether oxygens (including phenoxy) is 1. The topological polar surface area (TPSA) is 110 Å². The maximum absolute atomic E-state index is 12.2. The fourth-order valence-corrected chi connectivity index (χ4v) is 2.77. The predicted octanol–water partition coefficient (Wildman–Crippen LogP) is 3.66. The molecule has 2 heterocycles. The van der Waals surface area contributed by atoms with Gasteiger partial charge in [-0.2, -0.15) is 0 Å². The normalized spacial score (nSPS) is 10.8. The number of nitrogens with one attached hydrogen (secondary N) is 2. The number of rotatable bonds is 7. The Morgan fingerprint density at radius 2 is 1.97 bits per heavy atom. The summed E-state index contributed by atoms with van der Waals surface area (Å²) in [5.74, 6) is 0.0822. The van der Waals surface area contributed by atoms with Crippen molar-refractivity contribution in [3.63, 3.8) is 0 Å². The van der Waals surface area contributed by atoms with Gasteiger partial charge < -0.3 is 10.1 Å². The molecule has 31 heavy (non-hydrogen) atoms. The van der Waals surface area contributed by atoms with Crippen molar-refractivity contribution in [2.45, 2.75) is 6.61 Å². The zero-order valence-corrected chi connectivity index (χ0v) is 16.3. The highest BCUT2D eigenvalue weighted by atomic mass is 16.5. The van der Waals surface area contributed by atoms with Crippen LogP contribution in [0.3, 0.4) is 0 Å². The van der Waals surface area contributed by atoms with E-state index in [4.69, 9.17) is 4.74 Å². The van der Waals surface area contributed by atoms with Gasteiger partial charge in [-0.05, 0) is 48.0 Å². The Morgan fingerprint density at radius 3 is 2.71 bits per heavy atom. The van der Waals surface area contributed by atoms with Gasteiger partial charge in [0.15, 0.2) is 5.82 Å². The SMILES string of the molecule is O=C(/C=C/c1ccc(OCc2ccccn2)cc1)Nc1cccc(-c2noc(=O)[nH]2)c1. The number of nitrogens with zero attached hydrogens (tertiary/aromatic N) is 2. The smallest absolute Gasteiger partial charge is 0.439 e. The van der Waals surface area contributed by atoms with Crippen LogP contribution in [0, 0.1) is 0 Å². The van der Waals surface area contributed by atoms with Crippen LogP contribution in [0.4, 0.5) is 5.69 Å². The third-order valence-electron chi connectivity index (χ3n) is 4.26. The first kappa shape index (κ1) is 19.8. The maximum atomic E-state index is 12.2. The minimum absolute atomic E-state index is 0.290. The second-order valence-corrected chi connectivity index (χ2v) is 6.53. The van der Waals surface area contributed by atoms with Crippen molar-refractivity contribution in [2.24, 2.45) is 0 Å². The number of anilines is 1. The average Bonchev–Trinajstić information content (AvgIpc) is 3.24. The standard InChI is InChI=1S/C23H18N4O4/c28-21(25-18-6-3-4-17(14-18)22-26-23(29)31-27-22)12-9-16-7-10-20(11-8-16)30-15-19-5-1-2-13-24-19/h1-14H,15H2,(H,25,28)(H,26,27,29)/b12-9+. The first-order valence-corrected chi connectivity index (χ1v) is 9.44. The van der Waals surface area contributed by atoms with Crippen molar-refractivity contribution in [3.05, 3.63) is 101 Å². The number of hydrogen-bond acceptors (Lipinski definition) is 6. The summed E-state index contributed by atoms with van der Waals surface area (Å²) in [6, 6.07) is 20.0. The van der Waals surface area contributed by atoms with Gasteiger partial charge in [-0.25, -0.2) is 4.79 Å². The van der Waals surface area contributed by atoms with E-state index in [1.165, 1.54) is 6.08 Å². The second-order valence-electron chi connectivity index (χ2n) is 6.53. The number of carbonyl (C=O) groups is 1. The van der Waals surface area contributed by atoms with Crippen molar-refractivity contribution >= 4 is 17.7 Å². The van der Waals surface area contributed by atoms with Gasteiger partial charge in [0.05, 0.1) is 5.69 Å². The van der Waals surface area contributed by atoms with Gasteiger partial charge in [-0.15, -0.1) is 0 Å². The van der Waals surface area contributed by atoms with Crippen LogP contribution in [-0.2, 0) is 11.4 Å². The lowest BCUT2D eigenvalue weighted by atomic mass is 10.2. The van der Waals surface area contributed by atoms with Gasteiger partial charge in [-0.1, -0.05) is 35.5 Å². The molecular weight excluding hydrogens is 396 g/mol. The van der Waals surface area contributed by atoms with E-state index in [9.17, 15) is 9.59 Å². The molecule has 0 fully saturated rings. The molecule has 0 bridgehead atoms. The molecule has 2 N–H and O–H groups in total. The van der Waals surface area contributed by atoms with Crippen LogP contribution in [0.15, 0.2) is 88.3 Å². The van der Waals surface area contributed by atoms with Crippen LogP contribution in [0.25, 0.3) is 17.5 Å². The molecule has 2 aromatic carbocycles. The van der Waals surface area contributed by atoms with E-state index >= 15 is 0 Å². The Bertz CT molecular complexity index is 1240. The summed E-state index contributed by atoms with van der Waals surface area (Å²) in [7, 11) is 0. The molecule has 0 atom stereocenters. The van der Waals surface area contributed by atoms with E-state index < -0.39 is 5.76 Å². The highest BCUT2D eigenvalue weighted by Crippen LogP contribution is 2.19. The van der Waals surface area contributed by atoms with Gasteiger partial charge in [0.1, 0.15) is 12.4 Å². The summed E-state index contributed by atoms with van der Waals surface area (Å²) >= 11 is 0. The summed E-state index contributed by atoms with van der Waals surface area (Å²) in [6.07, 6.45) is 4.87. The van der Waals surface area contributed by atoms with Gasteiger partial charge in [0, 0.05) is 23.5 Å². The van der Waals surface area contributed by atoms with E-state index in [0.29, 0.717) is 23.7 Å². The maximum Gasteiger partial charge on any atom is 0.439 e. The van der Waals surface area contributed by atoms with Gasteiger partial charge in [0.2, 0.25) is 5.91 Å². The zero-order valence-electron chi connectivity index (χ0n) is 16.3. The third-order valence-corrected chi connectivity index (χ3v) is 4.26. The molecular formula is C23H18N4O4. The number of carbonyl (C=O) groups excluding carboxylic acids is 1. The summed E-state index contributed by atoms with van der Waals surface area (Å²) in [4.78, 5) is 30.0. The molecule has 0 saturated heterocycles. The number of pyridine rings is 1. The summed E-state index contributed by atoms with van der Waals surface area (Å²) in [5.41, 5.74) is 2.89. The number of amides is 1. The molecule has 0 aliphatic carbocycles. The van der Waals surface area contributed by atoms with Crippen molar-refractivity contribution in [1.29, 1.82) is 0 Å². The number of aromatic nitrogens is 3. The summed E-state index contributed by atoms with van der Waals surface area (Å²) in [6.45, 7) is 0.389. The lowest BCUT2D eigenvalue weighted by Crippen LogP contribution is -2.07. The van der Waals surface area contributed by atoms with E-state index in [2.05, 4.69) is 25.0 Å². The van der Waals surface area contributed by atoms with Crippen LogP contribution >= 0.6 is 0 Å². The number of hydrogen-bond donors (Lipinski definition) is 2. The van der Waals surface area contributed by atoms with Crippen LogP contribution in [-0.4, -0.2) is 21.0 Å². The molecule has 0 aliphatic rings. The Hall–Kier alpha value is -4.46. The molecule has 0 radical (unpaired) electrons. The van der Waals surface area contributed by atoms with Crippen LogP contribution < -0.4 is 15.8 Å². The highest BCUT2D eigenvalue weighted by molar-refractivity contribution is 6.02. The van der Waals surface area contributed by atoms with E-state index in [1.807, 2.05) is 42.5 Å². The summed E-state index contributed by atoms with van der Waals surface area (Å²) < 4.78 is 10.2. The minimum atomic E-state index is -0.638. The molecule has 0 saturated carbocycles. The second kappa shape index (κ2) is 9.36. The largest absolute Gasteiger partial charge is 0.487 e. The molecule has 154 valence electrons. The molecule has 0 aliphatic heterocycles. The quantitative estimate of drug-likeness (QED) is 0.447. The van der Waals surface area contributed by atoms with Gasteiger partial charge in [-0.3, -0.25) is 19.3 Å². The van der Waals surface area contributed by atoms with Crippen molar-refractivity contribution < 1.29 is 14.1 Å². The lowest BCUT2D eigenvalue weighted by Gasteiger charge is -2.06. The van der Waals surface area contributed by atoms with E-state index in [0.717, 1.165) is 17.0 Å². The Balaban J connectivity index is 1.33. The minimum Gasteiger partial charge on any atom is -0.487 e. The molecule has 0 spiro atoms. The Morgan fingerprint density at radius 1 is 1.10 bits per heavy atom. The van der Waals surface area contributed by atoms with Crippen LogP contribution in [0.5, 0.6) is 5.75 Å². The molecule has 4 rings (SSSR count). The molecule has 8 heteroatoms. The summed E-state index contributed by atoms with van der Waals surface area (Å²) in [5, 5.41) is 6.41. The van der Waals surface area contributed by atoms with Crippen LogP contribution in [0.2, 0.25) is 0 Å². The number of aromatic amines is 1. The van der Waals surface area contributed by atoms with E-state index in [1.54, 1.807) is 36.5 Å². The average molecular weight is 414 g/mol. The van der Waals surface area contributed by atoms with E-state index in [-0.39, 0.29) is 5.91 Å². The molecule has 1 amide bonds. The fourth-order valence-electron chi connectivity index (χ4n) is 2.77. The van der Waals surface area contributed by atoms with Crippen molar-refractivity contribution in [1.82, 2.24) is 15.1 Å². The fraction of sp³-hybridized carbons (Fsp3) is 0.0435. The Labute approximate surface area is 177 Å². The van der Waals surface area contributed by atoms with Crippen LogP contribution in [0.1, 0.15) is 11.3 Å². The van der Waals surface area contributed by atoms with Gasteiger partial charge in [0.25, 0.3) is 0 Å². The third kappa shape index (κ3) is 5.54. The molecule has 2 aromatic heterocycles. The molecule has 4 aromatic rings. The molecule has 0 unspecified atom stereocenters. The molecule has 8 nitrogen and oxygen atoms in total. The van der Waals surface area contributed by atoms with Gasteiger partial charge >= 0.3 is 5.76 Å². The first-order chi connectivity index (χ1) is 15.2. The van der Waals surface area contributed by atoms with Crippen molar-refractivity contribution in [2.75, 3.05) is 5.32 Å². The number of H-pyrrole nitrogens is 1. The first-order valence-electron chi connectivity index (χ1n) is 9.44. The zero-order chi connectivity index (χ0) is 21.5. The number of benzene rings is 2. The Kier molecular flexibility index (Phi) is 5.99. The monoisotopic (exact) mass is 414 g/mol. The lowest BCUT2D eigenvalue weighted by molar-refractivity contribution is -0.111. The predicted molar refractivity (Wildman–Crippen MR) is 115 cm³/mol.